The number of nitrogens with one attached hydrogen (secondary N) is 1. The van der Waals surface area contributed by atoms with Crippen molar-refractivity contribution in [2.45, 2.75) is 12.5 Å². The molecule has 6 heteroatoms. The first kappa shape index (κ1) is 13.0. The number of hydrazine groups is 1. The number of hydrogen-bond donors (Lipinski definition) is 2. The monoisotopic (exact) mass is 268 g/mol. The molecule has 1 aromatic heterocycles. The zero-order valence-corrected chi connectivity index (χ0v) is 10.7. The number of aromatic nitrogens is 2. The van der Waals surface area contributed by atoms with Crippen LogP contribution < -0.4 is 11.3 Å². The number of halogens is 2. The van der Waals surface area contributed by atoms with Gasteiger partial charge in [-0.3, -0.25) is 11.3 Å². The summed E-state index contributed by atoms with van der Waals surface area (Å²) < 4.78 is 15.8. The normalized spacial score (nSPS) is 12.7. The van der Waals surface area contributed by atoms with Crippen LogP contribution in [0.5, 0.6) is 0 Å². The number of imidazole rings is 1. The Morgan fingerprint density at radius 3 is 2.94 bits per heavy atom. The second-order valence-corrected chi connectivity index (χ2v) is 4.43. The van der Waals surface area contributed by atoms with Crippen LogP contribution in [0.3, 0.4) is 0 Å². The number of nitrogens with two attached hydrogens (primary N) is 1. The van der Waals surface area contributed by atoms with Crippen LogP contribution in [0.15, 0.2) is 30.6 Å². The minimum atomic E-state index is -0.448. The van der Waals surface area contributed by atoms with Gasteiger partial charge in [-0.1, -0.05) is 23.7 Å². The molecule has 2 rings (SSSR count). The summed E-state index contributed by atoms with van der Waals surface area (Å²) in [5.41, 5.74) is 3.04. The third kappa shape index (κ3) is 2.53. The smallest absolute Gasteiger partial charge is 0.146 e. The van der Waals surface area contributed by atoms with Gasteiger partial charge in [-0.25, -0.2) is 9.37 Å². The van der Waals surface area contributed by atoms with E-state index in [4.69, 9.17) is 17.4 Å². The molecule has 0 bridgehead atoms. The van der Waals surface area contributed by atoms with E-state index in [1.165, 1.54) is 6.07 Å². The summed E-state index contributed by atoms with van der Waals surface area (Å²) in [5, 5.41) is 0.0904. The quantitative estimate of drug-likeness (QED) is 0.658. The highest BCUT2D eigenvalue weighted by Crippen LogP contribution is 2.24. The van der Waals surface area contributed by atoms with Crippen molar-refractivity contribution in [2.24, 2.45) is 12.9 Å². The van der Waals surface area contributed by atoms with Gasteiger partial charge in [-0.05, 0) is 6.07 Å². The van der Waals surface area contributed by atoms with Crippen molar-refractivity contribution < 1.29 is 4.39 Å². The van der Waals surface area contributed by atoms with Crippen molar-refractivity contribution in [3.05, 3.63) is 52.8 Å². The lowest BCUT2D eigenvalue weighted by molar-refractivity contribution is 0.497. The molecule has 0 amide bonds. The van der Waals surface area contributed by atoms with Gasteiger partial charge in [0.15, 0.2) is 0 Å². The minimum absolute atomic E-state index is 0.0904. The number of rotatable bonds is 4. The summed E-state index contributed by atoms with van der Waals surface area (Å²) in [6.45, 7) is 0. The predicted octanol–water partition coefficient (Wildman–Crippen LogP) is 1.96. The Morgan fingerprint density at radius 1 is 1.56 bits per heavy atom. The van der Waals surface area contributed by atoms with Crippen LogP contribution in [-0.4, -0.2) is 9.55 Å². The molecule has 1 atom stereocenters. The van der Waals surface area contributed by atoms with Gasteiger partial charge in [-0.2, -0.15) is 0 Å². The van der Waals surface area contributed by atoms with E-state index in [1.807, 2.05) is 17.8 Å². The second kappa shape index (κ2) is 5.48. The molecule has 3 N–H and O–H groups in total. The molecule has 0 saturated heterocycles. The predicted molar refractivity (Wildman–Crippen MR) is 68.4 cm³/mol. The molecule has 4 nitrogen and oxygen atoms in total. The fourth-order valence-electron chi connectivity index (χ4n) is 1.82. The zero-order valence-electron chi connectivity index (χ0n) is 9.90. The molecule has 96 valence electrons. The van der Waals surface area contributed by atoms with Crippen LogP contribution in [0.2, 0.25) is 5.02 Å². The van der Waals surface area contributed by atoms with Gasteiger partial charge in [-0.15, -0.1) is 0 Å². The van der Waals surface area contributed by atoms with Crippen LogP contribution >= 0.6 is 11.6 Å². The summed E-state index contributed by atoms with van der Waals surface area (Å²) in [6, 6.07) is 4.50. The molecule has 1 heterocycles. The van der Waals surface area contributed by atoms with E-state index in [-0.39, 0.29) is 11.1 Å². The van der Waals surface area contributed by atoms with E-state index in [2.05, 4.69) is 10.4 Å². The van der Waals surface area contributed by atoms with Gasteiger partial charge < -0.3 is 4.57 Å². The maximum absolute atomic E-state index is 13.9. The molecule has 1 aromatic carbocycles. The summed E-state index contributed by atoms with van der Waals surface area (Å²) >= 11 is 5.76. The topological polar surface area (TPSA) is 55.9 Å². The van der Waals surface area contributed by atoms with E-state index in [1.54, 1.807) is 18.3 Å². The third-order valence-electron chi connectivity index (χ3n) is 2.87. The Bertz CT molecular complexity index is 541. The van der Waals surface area contributed by atoms with Crippen LogP contribution in [0.4, 0.5) is 4.39 Å². The van der Waals surface area contributed by atoms with E-state index in [0.29, 0.717) is 12.0 Å². The number of hydrogen-bond acceptors (Lipinski definition) is 3. The van der Waals surface area contributed by atoms with Crippen molar-refractivity contribution >= 4 is 11.6 Å². The molecule has 0 aliphatic carbocycles. The maximum atomic E-state index is 13.9. The molecule has 1 unspecified atom stereocenters. The van der Waals surface area contributed by atoms with Crippen molar-refractivity contribution in [2.75, 3.05) is 0 Å². The highest BCUT2D eigenvalue weighted by Gasteiger charge is 2.18. The van der Waals surface area contributed by atoms with E-state index < -0.39 is 5.82 Å². The number of aryl methyl sites for hydroxylation is 1. The van der Waals surface area contributed by atoms with E-state index in [0.717, 1.165) is 5.82 Å². The van der Waals surface area contributed by atoms with Crippen LogP contribution in [-0.2, 0) is 13.5 Å². The van der Waals surface area contributed by atoms with Crippen LogP contribution in [0.25, 0.3) is 0 Å². The molecule has 18 heavy (non-hydrogen) atoms. The first-order valence-electron chi connectivity index (χ1n) is 5.49. The lowest BCUT2D eigenvalue weighted by Gasteiger charge is -2.17. The Morgan fingerprint density at radius 2 is 2.33 bits per heavy atom. The fourth-order valence-corrected chi connectivity index (χ4v) is 2.01. The Labute approximate surface area is 110 Å². The summed E-state index contributed by atoms with van der Waals surface area (Å²) in [4.78, 5) is 4.19. The van der Waals surface area contributed by atoms with Crippen molar-refractivity contribution in [1.82, 2.24) is 15.0 Å². The molecule has 0 aliphatic rings. The van der Waals surface area contributed by atoms with Crippen molar-refractivity contribution in [1.29, 1.82) is 0 Å². The maximum Gasteiger partial charge on any atom is 0.146 e. The largest absolute Gasteiger partial charge is 0.338 e. The van der Waals surface area contributed by atoms with Crippen molar-refractivity contribution in [3.8, 4) is 0 Å². The van der Waals surface area contributed by atoms with Gasteiger partial charge >= 0.3 is 0 Å². The van der Waals surface area contributed by atoms with Gasteiger partial charge in [0.25, 0.3) is 0 Å². The van der Waals surface area contributed by atoms with Gasteiger partial charge in [0.1, 0.15) is 11.6 Å². The van der Waals surface area contributed by atoms with Crippen molar-refractivity contribution in [3.63, 3.8) is 0 Å². The van der Waals surface area contributed by atoms with Gasteiger partial charge in [0.05, 0.1) is 11.1 Å². The lowest BCUT2D eigenvalue weighted by Crippen LogP contribution is -2.31. The van der Waals surface area contributed by atoms with Gasteiger partial charge in [0, 0.05) is 31.4 Å². The highest BCUT2D eigenvalue weighted by molar-refractivity contribution is 6.30. The number of nitrogens with zero attached hydrogens (tertiary/aromatic N) is 2. The van der Waals surface area contributed by atoms with E-state index >= 15 is 0 Å². The summed E-state index contributed by atoms with van der Waals surface area (Å²) in [6.07, 6.45) is 4.01. The van der Waals surface area contributed by atoms with Crippen LogP contribution in [0, 0.1) is 5.82 Å². The standard InChI is InChI=1S/C12H14ClFN4/c1-18-6-5-16-11(18)7-10(17-15)8-3-2-4-9(13)12(8)14/h2-6,10,17H,7,15H2,1H3. The molecule has 0 saturated carbocycles. The van der Waals surface area contributed by atoms with E-state index in [9.17, 15) is 4.39 Å². The fraction of sp³-hybridized carbons (Fsp3) is 0.250. The average Bonchev–Trinajstić information content (AvgIpc) is 2.76. The molecule has 0 spiro atoms. The first-order chi connectivity index (χ1) is 8.63. The Kier molecular flexibility index (Phi) is 3.96. The highest BCUT2D eigenvalue weighted by atomic mass is 35.5. The zero-order chi connectivity index (χ0) is 13.1. The molecular weight excluding hydrogens is 255 g/mol. The molecule has 2 aromatic rings. The molecule has 0 aliphatic heterocycles. The first-order valence-corrected chi connectivity index (χ1v) is 5.87. The Hall–Kier alpha value is -1.43. The number of benzene rings is 1. The lowest BCUT2D eigenvalue weighted by atomic mass is 10.0. The average molecular weight is 269 g/mol. The molecular formula is C12H14ClFN4. The summed E-state index contributed by atoms with van der Waals surface area (Å²) in [7, 11) is 1.88. The summed E-state index contributed by atoms with van der Waals surface area (Å²) in [5.74, 6) is 5.86. The van der Waals surface area contributed by atoms with Gasteiger partial charge in [0.2, 0.25) is 0 Å². The van der Waals surface area contributed by atoms with Crippen LogP contribution in [0.1, 0.15) is 17.4 Å². The Balaban J connectivity index is 2.29. The second-order valence-electron chi connectivity index (χ2n) is 4.02. The molecule has 0 fully saturated rings. The molecule has 0 radical (unpaired) electrons. The third-order valence-corrected chi connectivity index (χ3v) is 3.16. The minimum Gasteiger partial charge on any atom is -0.338 e. The SMILES string of the molecule is Cn1ccnc1CC(NN)c1cccc(Cl)c1F.